The predicted octanol–water partition coefficient (Wildman–Crippen LogP) is 2.53. The van der Waals surface area contributed by atoms with Crippen LogP contribution < -0.4 is 15.5 Å². The van der Waals surface area contributed by atoms with Crippen LogP contribution in [0.5, 0.6) is 0 Å². The van der Waals surface area contributed by atoms with Gasteiger partial charge in [0.1, 0.15) is 0 Å². The van der Waals surface area contributed by atoms with Crippen molar-refractivity contribution in [3.05, 3.63) is 24.3 Å². The lowest BCUT2D eigenvalue weighted by atomic mass is 10.0. The number of rotatable bonds is 4. The summed E-state index contributed by atoms with van der Waals surface area (Å²) in [5.41, 5.74) is 1.92. The van der Waals surface area contributed by atoms with Gasteiger partial charge in [-0.05, 0) is 37.6 Å². The van der Waals surface area contributed by atoms with Crippen molar-refractivity contribution in [3.8, 4) is 0 Å². The molecule has 1 unspecified atom stereocenters. The normalized spacial score (nSPS) is 16.8. The second-order valence-corrected chi connectivity index (χ2v) is 5.02. The second-order valence-electron chi connectivity index (χ2n) is 5.02. The van der Waals surface area contributed by atoms with E-state index in [1.165, 1.54) is 0 Å². The van der Waals surface area contributed by atoms with E-state index in [-0.39, 0.29) is 30.7 Å². The minimum Gasteiger partial charge on any atom is -0.376 e. The Morgan fingerprint density at radius 2 is 2.05 bits per heavy atom. The average Bonchev–Trinajstić information content (AvgIpc) is 2.82. The molecule has 20 heavy (non-hydrogen) atoms. The first-order chi connectivity index (χ1) is 8.66. The third-order valence-electron chi connectivity index (χ3n) is 3.30. The molecule has 2 N–H and O–H groups in total. The molecule has 2 rings (SSSR count). The number of nitrogens with zero attached hydrogens (tertiary/aromatic N) is 1. The Balaban J connectivity index is 0.00000180. The number of hydrogen-bond acceptors (Lipinski definition) is 3. The van der Waals surface area contributed by atoms with Gasteiger partial charge in [0, 0.05) is 20.5 Å². The van der Waals surface area contributed by atoms with E-state index in [0.717, 1.165) is 30.9 Å². The van der Waals surface area contributed by atoms with Gasteiger partial charge in [-0.25, -0.2) is 0 Å². The Morgan fingerprint density at radius 3 is 2.65 bits per heavy atom. The minimum absolute atomic E-state index is 0. The van der Waals surface area contributed by atoms with E-state index < -0.39 is 0 Å². The zero-order valence-electron chi connectivity index (χ0n) is 11.9. The summed E-state index contributed by atoms with van der Waals surface area (Å²) in [4.78, 5) is 14.0. The maximum absolute atomic E-state index is 12.0. The summed E-state index contributed by atoms with van der Waals surface area (Å²) >= 11 is 0. The van der Waals surface area contributed by atoms with E-state index in [2.05, 4.69) is 10.6 Å². The smallest absolute Gasteiger partial charge is 0.224 e. The molecule has 1 atom stereocenters. The zero-order chi connectivity index (χ0) is 13.0. The molecule has 6 heteroatoms. The molecule has 1 saturated heterocycles. The highest BCUT2D eigenvalue weighted by molar-refractivity contribution is 5.94. The number of carbonyl (C=O) groups is 1. The standard InChI is InChI=1S/C14H21N3O.2ClH/c1-17(2)13-6-4-3-5-12(13)16-14(18)9-11-7-8-15-10-11;;/h3-6,11,15H,7-10H2,1-2H3,(H,16,18);2*1H. The summed E-state index contributed by atoms with van der Waals surface area (Å²) in [5.74, 6) is 0.592. The van der Waals surface area contributed by atoms with Crippen LogP contribution in [0.3, 0.4) is 0 Å². The van der Waals surface area contributed by atoms with Crippen LogP contribution in [0.15, 0.2) is 24.3 Å². The summed E-state index contributed by atoms with van der Waals surface area (Å²) in [6, 6.07) is 7.87. The van der Waals surface area contributed by atoms with Crippen LogP contribution in [0.25, 0.3) is 0 Å². The number of carbonyl (C=O) groups excluding carboxylic acids is 1. The Hall–Kier alpha value is -0.970. The Kier molecular flexibility index (Phi) is 8.62. The highest BCUT2D eigenvalue weighted by Gasteiger charge is 2.18. The van der Waals surface area contributed by atoms with Gasteiger partial charge in [-0.15, -0.1) is 24.8 Å². The predicted molar refractivity (Wildman–Crippen MR) is 89.5 cm³/mol. The molecule has 1 amide bonds. The van der Waals surface area contributed by atoms with Crippen LogP contribution in [0.4, 0.5) is 11.4 Å². The first kappa shape index (κ1) is 19.0. The largest absolute Gasteiger partial charge is 0.376 e. The fourth-order valence-corrected chi connectivity index (χ4v) is 2.32. The van der Waals surface area contributed by atoms with Crippen molar-refractivity contribution in [3.63, 3.8) is 0 Å². The molecule has 1 aromatic rings. The third-order valence-corrected chi connectivity index (χ3v) is 3.30. The van der Waals surface area contributed by atoms with Crippen molar-refractivity contribution in [2.24, 2.45) is 5.92 Å². The van der Waals surface area contributed by atoms with Gasteiger partial charge in [-0.3, -0.25) is 4.79 Å². The van der Waals surface area contributed by atoms with Gasteiger partial charge in [-0.2, -0.15) is 0 Å². The van der Waals surface area contributed by atoms with E-state index in [1.54, 1.807) is 0 Å². The van der Waals surface area contributed by atoms with Crippen molar-refractivity contribution in [1.82, 2.24) is 5.32 Å². The zero-order valence-corrected chi connectivity index (χ0v) is 13.5. The van der Waals surface area contributed by atoms with Crippen molar-refractivity contribution >= 4 is 42.1 Å². The molecule has 1 heterocycles. The molecule has 1 aromatic carbocycles. The fraction of sp³-hybridized carbons (Fsp3) is 0.500. The van der Waals surface area contributed by atoms with Crippen molar-refractivity contribution in [2.45, 2.75) is 12.8 Å². The first-order valence-electron chi connectivity index (χ1n) is 6.43. The van der Waals surface area contributed by atoms with Crippen LogP contribution in [-0.2, 0) is 4.79 Å². The van der Waals surface area contributed by atoms with Crippen molar-refractivity contribution in [2.75, 3.05) is 37.4 Å². The molecular weight excluding hydrogens is 297 g/mol. The van der Waals surface area contributed by atoms with Crippen molar-refractivity contribution in [1.29, 1.82) is 0 Å². The van der Waals surface area contributed by atoms with Crippen LogP contribution in [0.2, 0.25) is 0 Å². The number of amides is 1. The van der Waals surface area contributed by atoms with Crippen molar-refractivity contribution < 1.29 is 4.79 Å². The second kappa shape index (κ2) is 9.06. The Morgan fingerprint density at radius 1 is 1.35 bits per heavy atom. The van der Waals surface area contributed by atoms with E-state index >= 15 is 0 Å². The van der Waals surface area contributed by atoms with E-state index in [4.69, 9.17) is 0 Å². The van der Waals surface area contributed by atoms with Crippen LogP contribution >= 0.6 is 24.8 Å². The molecule has 0 radical (unpaired) electrons. The summed E-state index contributed by atoms with van der Waals surface area (Å²) in [6.07, 6.45) is 1.71. The maximum atomic E-state index is 12.0. The molecular formula is C14H23Cl2N3O. The molecule has 0 bridgehead atoms. The fourth-order valence-electron chi connectivity index (χ4n) is 2.32. The van der Waals surface area contributed by atoms with E-state index in [1.807, 2.05) is 43.3 Å². The van der Waals surface area contributed by atoms with E-state index in [9.17, 15) is 4.79 Å². The molecule has 114 valence electrons. The first-order valence-corrected chi connectivity index (χ1v) is 6.43. The average molecular weight is 320 g/mol. The Labute approximate surface area is 133 Å². The third kappa shape index (κ3) is 5.19. The Bertz CT molecular complexity index is 421. The molecule has 0 spiro atoms. The molecule has 1 aliphatic rings. The minimum atomic E-state index is 0. The van der Waals surface area contributed by atoms with Crippen LogP contribution in [0.1, 0.15) is 12.8 Å². The lowest BCUT2D eigenvalue weighted by molar-refractivity contribution is -0.116. The lowest BCUT2D eigenvalue weighted by Crippen LogP contribution is -2.20. The molecule has 0 aromatic heterocycles. The molecule has 0 aliphatic carbocycles. The topological polar surface area (TPSA) is 44.4 Å². The number of anilines is 2. The number of hydrogen-bond donors (Lipinski definition) is 2. The highest BCUT2D eigenvalue weighted by atomic mass is 35.5. The van der Waals surface area contributed by atoms with Gasteiger partial charge < -0.3 is 15.5 Å². The summed E-state index contributed by atoms with van der Waals surface area (Å²) in [5, 5.41) is 6.29. The quantitative estimate of drug-likeness (QED) is 0.896. The van der Waals surface area contributed by atoms with Crippen LogP contribution in [-0.4, -0.2) is 33.1 Å². The van der Waals surface area contributed by atoms with Gasteiger partial charge in [0.25, 0.3) is 0 Å². The summed E-state index contributed by atoms with van der Waals surface area (Å²) in [6.45, 7) is 2.00. The van der Waals surface area contributed by atoms with Gasteiger partial charge in [0.05, 0.1) is 11.4 Å². The van der Waals surface area contributed by atoms with Gasteiger partial charge in [0.2, 0.25) is 5.91 Å². The van der Waals surface area contributed by atoms with Gasteiger partial charge in [-0.1, -0.05) is 12.1 Å². The number of nitrogens with one attached hydrogen (secondary N) is 2. The monoisotopic (exact) mass is 319 g/mol. The molecule has 1 aliphatic heterocycles. The lowest BCUT2D eigenvalue weighted by Gasteiger charge is -2.18. The SMILES string of the molecule is CN(C)c1ccccc1NC(=O)CC1CCNC1.Cl.Cl. The maximum Gasteiger partial charge on any atom is 0.224 e. The summed E-state index contributed by atoms with van der Waals surface area (Å²) < 4.78 is 0. The highest BCUT2D eigenvalue weighted by Crippen LogP contribution is 2.24. The number of benzene rings is 1. The van der Waals surface area contributed by atoms with Gasteiger partial charge >= 0.3 is 0 Å². The number of halogens is 2. The molecule has 4 nitrogen and oxygen atoms in total. The van der Waals surface area contributed by atoms with Crippen LogP contribution in [0, 0.1) is 5.92 Å². The van der Waals surface area contributed by atoms with Gasteiger partial charge in [0.15, 0.2) is 0 Å². The molecule has 1 fully saturated rings. The van der Waals surface area contributed by atoms with E-state index in [0.29, 0.717) is 12.3 Å². The number of para-hydroxylation sites is 2. The summed E-state index contributed by atoms with van der Waals surface area (Å²) in [7, 11) is 3.96. The molecule has 0 saturated carbocycles.